The maximum atomic E-state index is 12.5. The molecule has 0 saturated heterocycles. The van der Waals surface area contributed by atoms with Gasteiger partial charge < -0.3 is 10.6 Å². The molecule has 3 heterocycles. The van der Waals surface area contributed by atoms with Crippen LogP contribution in [-0.2, 0) is 0 Å². The van der Waals surface area contributed by atoms with Crippen molar-refractivity contribution in [2.75, 3.05) is 18.4 Å². The number of carbonyl (C=O) groups excluding carboxylic acids is 1. The van der Waals surface area contributed by atoms with E-state index >= 15 is 0 Å². The number of anilines is 1. The van der Waals surface area contributed by atoms with Crippen molar-refractivity contribution in [3.63, 3.8) is 0 Å². The van der Waals surface area contributed by atoms with Crippen LogP contribution in [0.5, 0.6) is 0 Å². The van der Waals surface area contributed by atoms with E-state index in [1.807, 2.05) is 36.4 Å². The van der Waals surface area contributed by atoms with Crippen molar-refractivity contribution in [2.45, 2.75) is 0 Å². The normalized spacial score (nSPS) is 13.6. The van der Waals surface area contributed by atoms with Crippen molar-refractivity contribution in [1.29, 1.82) is 0 Å². The minimum atomic E-state index is -0.230. The van der Waals surface area contributed by atoms with Gasteiger partial charge in [-0.2, -0.15) is 0 Å². The topological polar surface area (TPSA) is 66.4 Å². The Kier molecular flexibility index (Phi) is 3.92. The number of pyridine rings is 1. The van der Waals surface area contributed by atoms with Gasteiger partial charge in [0.05, 0.1) is 23.5 Å². The molecule has 1 aliphatic heterocycles. The van der Waals surface area contributed by atoms with Gasteiger partial charge in [-0.1, -0.05) is 29.8 Å². The van der Waals surface area contributed by atoms with Crippen molar-refractivity contribution < 1.29 is 4.79 Å². The van der Waals surface area contributed by atoms with E-state index in [4.69, 9.17) is 11.6 Å². The molecule has 120 valence electrons. The molecule has 24 heavy (non-hydrogen) atoms. The fraction of sp³-hybridized carbons (Fsp3) is 0.118. The Balaban J connectivity index is 1.55. The Hall–Kier alpha value is -2.44. The standard InChI is InChI=1S/C17H13ClN4OS/c18-14-11-3-1-2-4-13(11)24-15(14)17(23)22-10-5-6-12(21-9-10)16-19-7-8-20-16/h1-6,9H,7-8H2,(H,19,20)(H,22,23). The summed E-state index contributed by atoms with van der Waals surface area (Å²) in [6, 6.07) is 11.3. The second-order valence-corrected chi connectivity index (χ2v) is 6.71. The van der Waals surface area contributed by atoms with Crippen LogP contribution in [0.2, 0.25) is 5.02 Å². The molecule has 0 bridgehead atoms. The number of thiophene rings is 1. The van der Waals surface area contributed by atoms with Crippen molar-refractivity contribution in [3.05, 3.63) is 58.2 Å². The molecule has 0 atom stereocenters. The van der Waals surface area contributed by atoms with E-state index in [2.05, 4.69) is 20.6 Å². The Morgan fingerprint density at radius 2 is 2.12 bits per heavy atom. The summed E-state index contributed by atoms with van der Waals surface area (Å²) in [5.74, 6) is 0.563. The molecule has 1 aromatic carbocycles. The van der Waals surface area contributed by atoms with Crippen molar-refractivity contribution in [1.82, 2.24) is 10.3 Å². The van der Waals surface area contributed by atoms with Gasteiger partial charge in [-0.3, -0.25) is 14.8 Å². The zero-order chi connectivity index (χ0) is 16.5. The van der Waals surface area contributed by atoms with Crippen LogP contribution in [0.4, 0.5) is 5.69 Å². The highest BCUT2D eigenvalue weighted by Crippen LogP contribution is 2.35. The third kappa shape index (κ3) is 2.74. The van der Waals surface area contributed by atoms with Crippen LogP contribution in [0.1, 0.15) is 15.4 Å². The maximum absolute atomic E-state index is 12.5. The Morgan fingerprint density at radius 1 is 1.25 bits per heavy atom. The summed E-state index contributed by atoms with van der Waals surface area (Å²) in [4.78, 5) is 21.7. The first-order valence-corrected chi connectivity index (χ1v) is 8.65. The lowest BCUT2D eigenvalue weighted by Gasteiger charge is -2.05. The largest absolute Gasteiger partial charge is 0.367 e. The highest BCUT2D eigenvalue weighted by Gasteiger charge is 2.17. The zero-order valence-corrected chi connectivity index (χ0v) is 14.1. The van der Waals surface area contributed by atoms with Gasteiger partial charge in [-0.25, -0.2) is 0 Å². The maximum Gasteiger partial charge on any atom is 0.267 e. The monoisotopic (exact) mass is 356 g/mol. The summed E-state index contributed by atoms with van der Waals surface area (Å²) in [5.41, 5.74) is 1.39. The Bertz CT molecular complexity index is 949. The number of rotatable bonds is 3. The van der Waals surface area contributed by atoms with Crippen molar-refractivity contribution in [3.8, 4) is 0 Å². The molecule has 4 rings (SSSR count). The number of benzene rings is 1. The molecule has 0 aliphatic carbocycles. The minimum absolute atomic E-state index is 0.230. The summed E-state index contributed by atoms with van der Waals surface area (Å²) >= 11 is 7.72. The molecule has 0 radical (unpaired) electrons. The SMILES string of the molecule is O=C(Nc1ccc(C2=NCCN2)nc1)c1sc2ccccc2c1Cl. The van der Waals surface area contributed by atoms with Gasteiger partial charge in [0.15, 0.2) is 0 Å². The van der Waals surface area contributed by atoms with Gasteiger partial charge in [-0.05, 0) is 18.2 Å². The van der Waals surface area contributed by atoms with E-state index in [0.29, 0.717) is 15.6 Å². The zero-order valence-electron chi connectivity index (χ0n) is 12.5. The third-order valence-electron chi connectivity index (χ3n) is 3.68. The van der Waals surface area contributed by atoms with Crippen LogP contribution in [0.15, 0.2) is 47.6 Å². The highest BCUT2D eigenvalue weighted by atomic mass is 35.5. The van der Waals surface area contributed by atoms with Crippen LogP contribution in [0, 0.1) is 0 Å². The minimum Gasteiger partial charge on any atom is -0.367 e. The number of fused-ring (bicyclic) bond motifs is 1. The van der Waals surface area contributed by atoms with E-state index in [9.17, 15) is 4.79 Å². The van der Waals surface area contributed by atoms with E-state index in [0.717, 1.165) is 34.7 Å². The van der Waals surface area contributed by atoms with Crippen molar-refractivity contribution in [2.24, 2.45) is 4.99 Å². The molecular weight excluding hydrogens is 344 g/mol. The Morgan fingerprint density at radius 3 is 2.83 bits per heavy atom. The number of nitrogens with one attached hydrogen (secondary N) is 2. The molecule has 3 aromatic rings. The summed E-state index contributed by atoms with van der Waals surface area (Å²) in [7, 11) is 0. The van der Waals surface area contributed by atoms with Crippen LogP contribution in [0.3, 0.4) is 0 Å². The quantitative estimate of drug-likeness (QED) is 0.754. The molecule has 0 spiro atoms. The van der Waals surface area contributed by atoms with Crippen LogP contribution < -0.4 is 10.6 Å². The Labute approximate surface area is 147 Å². The van der Waals surface area contributed by atoms with Crippen LogP contribution in [0.25, 0.3) is 10.1 Å². The molecule has 2 N–H and O–H groups in total. The number of aromatic nitrogens is 1. The van der Waals surface area contributed by atoms with Gasteiger partial charge in [0.2, 0.25) is 0 Å². The average molecular weight is 357 g/mol. The summed E-state index contributed by atoms with van der Waals surface area (Å²) in [6.07, 6.45) is 1.62. The van der Waals surface area contributed by atoms with Gasteiger partial charge in [0.25, 0.3) is 5.91 Å². The van der Waals surface area contributed by atoms with Gasteiger partial charge >= 0.3 is 0 Å². The predicted octanol–water partition coefficient (Wildman–Crippen LogP) is 3.55. The number of carbonyl (C=O) groups is 1. The second-order valence-electron chi connectivity index (χ2n) is 5.28. The van der Waals surface area contributed by atoms with Gasteiger partial charge in [0.1, 0.15) is 16.4 Å². The molecule has 0 fully saturated rings. The summed E-state index contributed by atoms with van der Waals surface area (Å²) in [5, 5.41) is 7.39. The summed E-state index contributed by atoms with van der Waals surface area (Å²) in [6.45, 7) is 1.60. The number of aliphatic imine (C=N–C) groups is 1. The van der Waals surface area contributed by atoms with Gasteiger partial charge in [0, 0.05) is 16.6 Å². The number of halogens is 1. The molecule has 2 aromatic heterocycles. The first-order valence-electron chi connectivity index (χ1n) is 7.45. The van der Waals surface area contributed by atoms with E-state index < -0.39 is 0 Å². The second kappa shape index (κ2) is 6.22. The van der Waals surface area contributed by atoms with Crippen LogP contribution in [-0.4, -0.2) is 29.8 Å². The first kappa shape index (κ1) is 15.1. The third-order valence-corrected chi connectivity index (χ3v) is 5.35. The number of hydrogen-bond donors (Lipinski definition) is 2. The fourth-order valence-electron chi connectivity index (χ4n) is 2.53. The lowest BCUT2D eigenvalue weighted by molar-refractivity contribution is 0.103. The molecule has 7 heteroatoms. The number of amides is 1. The lowest BCUT2D eigenvalue weighted by Crippen LogP contribution is -2.20. The van der Waals surface area contributed by atoms with Crippen molar-refractivity contribution >= 4 is 50.5 Å². The van der Waals surface area contributed by atoms with E-state index in [-0.39, 0.29) is 5.91 Å². The number of amidine groups is 1. The highest BCUT2D eigenvalue weighted by molar-refractivity contribution is 7.21. The van der Waals surface area contributed by atoms with Crippen LogP contribution >= 0.6 is 22.9 Å². The molecule has 0 unspecified atom stereocenters. The first-order chi connectivity index (χ1) is 11.7. The van der Waals surface area contributed by atoms with Gasteiger partial charge in [-0.15, -0.1) is 11.3 Å². The molecule has 0 saturated carbocycles. The van der Waals surface area contributed by atoms with E-state index in [1.165, 1.54) is 11.3 Å². The predicted molar refractivity (Wildman–Crippen MR) is 98.4 cm³/mol. The van der Waals surface area contributed by atoms with E-state index in [1.54, 1.807) is 6.20 Å². The molecule has 1 amide bonds. The lowest BCUT2D eigenvalue weighted by atomic mass is 10.2. The summed E-state index contributed by atoms with van der Waals surface area (Å²) < 4.78 is 0.992. The fourth-order valence-corrected chi connectivity index (χ4v) is 3.94. The number of nitrogens with zero attached hydrogens (tertiary/aromatic N) is 2. The molecule has 5 nitrogen and oxygen atoms in total. The number of hydrogen-bond acceptors (Lipinski definition) is 5. The molecule has 1 aliphatic rings. The smallest absolute Gasteiger partial charge is 0.267 e. The average Bonchev–Trinajstić information content (AvgIpc) is 3.24. The molecular formula is C17H13ClN4OS.